The summed E-state index contributed by atoms with van der Waals surface area (Å²) in [6.45, 7) is 1.98. The standard InChI is InChI=1S/C12H18ClNO3S2/c1-9-4-6-12(8-15,7-5-9)14-19(16,17)11-3-2-10(13)18-11/h2-3,9,14-15H,4-8H2,1H3. The highest BCUT2D eigenvalue weighted by atomic mass is 35.5. The van der Waals surface area contributed by atoms with Gasteiger partial charge in [-0.15, -0.1) is 11.3 Å². The summed E-state index contributed by atoms with van der Waals surface area (Å²) in [6, 6.07) is 3.06. The normalized spacial score (nSPS) is 28.5. The van der Waals surface area contributed by atoms with Crippen molar-refractivity contribution in [2.45, 2.75) is 42.4 Å². The Morgan fingerprint density at radius 3 is 2.58 bits per heavy atom. The number of aliphatic hydroxyl groups is 1. The summed E-state index contributed by atoms with van der Waals surface area (Å²) in [6.07, 6.45) is 3.19. The lowest BCUT2D eigenvalue weighted by molar-refractivity contribution is 0.125. The molecule has 1 heterocycles. The Hall–Kier alpha value is -0.140. The molecule has 1 aliphatic carbocycles. The average Bonchev–Trinajstić information content (AvgIpc) is 2.80. The van der Waals surface area contributed by atoms with Crippen LogP contribution in [0.1, 0.15) is 32.6 Å². The van der Waals surface area contributed by atoms with E-state index in [0.29, 0.717) is 23.1 Å². The van der Waals surface area contributed by atoms with E-state index >= 15 is 0 Å². The first-order chi connectivity index (χ1) is 8.87. The summed E-state index contributed by atoms with van der Waals surface area (Å²) >= 11 is 6.80. The van der Waals surface area contributed by atoms with Crippen molar-refractivity contribution in [3.05, 3.63) is 16.5 Å². The predicted molar refractivity (Wildman–Crippen MR) is 77.1 cm³/mol. The van der Waals surface area contributed by atoms with Gasteiger partial charge in [0.25, 0.3) is 10.0 Å². The smallest absolute Gasteiger partial charge is 0.250 e. The maximum atomic E-state index is 12.3. The molecular weight excluding hydrogens is 306 g/mol. The van der Waals surface area contributed by atoms with Gasteiger partial charge in [0.05, 0.1) is 16.5 Å². The molecule has 0 unspecified atom stereocenters. The molecule has 1 saturated carbocycles. The summed E-state index contributed by atoms with van der Waals surface area (Å²) in [5.74, 6) is 0.584. The van der Waals surface area contributed by atoms with Crippen molar-refractivity contribution in [3.63, 3.8) is 0 Å². The lowest BCUT2D eigenvalue weighted by atomic mass is 9.78. The van der Waals surface area contributed by atoms with E-state index in [4.69, 9.17) is 11.6 Å². The first-order valence-corrected chi connectivity index (χ1v) is 8.95. The van der Waals surface area contributed by atoms with Gasteiger partial charge < -0.3 is 5.11 Å². The fraction of sp³-hybridized carbons (Fsp3) is 0.667. The molecule has 2 N–H and O–H groups in total. The molecule has 0 saturated heterocycles. The van der Waals surface area contributed by atoms with Crippen LogP contribution in [0.2, 0.25) is 4.34 Å². The minimum Gasteiger partial charge on any atom is -0.394 e. The molecule has 19 heavy (non-hydrogen) atoms. The third-order valence-electron chi connectivity index (χ3n) is 3.70. The van der Waals surface area contributed by atoms with E-state index in [0.717, 1.165) is 24.2 Å². The van der Waals surface area contributed by atoms with Gasteiger partial charge in [0.15, 0.2) is 0 Å². The fourth-order valence-corrected chi connectivity index (χ4v) is 5.32. The molecule has 0 aliphatic heterocycles. The lowest BCUT2D eigenvalue weighted by Gasteiger charge is -2.38. The Labute approximate surface area is 122 Å². The quantitative estimate of drug-likeness (QED) is 0.895. The molecule has 2 rings (SSSR count). The Morgan fingerprint density at radius 2 is 2.11 bits per heavy atom. The number of thiophene rings is 1. The van der Waals surface area contributed by atoms with Crippen LogP contribution in [0, 0.1) is 5.92 Å². The van der Waals surface area contributed by atoms with Crippen molar-refractivity contribution < 1.29 is 13.5 Å². The van der Waals surface area contributed by atoms with Gasteiger partial charge in [0, 0.05) is 0 Å². The lowest BCUT2D eigenvalue weighted by Crippen LogP contribution is -2.52. The van der Waals surface area contributed by atoms with E-state index < -0.39 is 15.6 Å². The van der Waals surface area contributed by atoms with Crippen molar-refractivity contribution in [1.82, 2.24) is 4.72 Å². The molecule has 108 valence electrons. The third-order valence-corrected chi connectivity index (χ3v) is 7.00. The van der Waals surface area contributed by atoms with Crippen LogP contribution in [0.4, 0.5) is 0 Å². The SMILES string of the molecule is CC1CCC(CO)(NS(=O)(=O)c2ccc(Cl)s2)CC1. The molecule has 0 amide bonds. The summed E-state index contributed by atoms with van der Waals surface area (Å²) in [5.41, 5.74) is -0.720. The molecule has 0 atom stereocenters. The Morgan fingerprint density at radius 1 is 1.47 bits per heavy atom. The van der Waals surface area contributed by atoms with E-state index in [1.807, 2.05) is 0 Å². The second-order valence-corrected chi connectivity index (χ2v) is 8.91. The van der Waals surface area contributed by atoms with Crippen LogP contribution >= 0.6 is 22.9 Å². The van der Waals surface area contributed by atoms with E-state index in [1.165, 1.54) is 6.07 Å². The number of rotatable bonds is 4. The predicted octanol–water partition coefficient (Wildman–Crippen LogP) is 2.62. The van der Waals surface area contributed by atoms with Crippen LogP contribution < -0.4 is 4.72 Å². The van der Waals surface area contributed by atoms with Crippen molar-refractivity contribution in [3.8, 4) is 0 Å². The van der Waals surface area contributed by atoms with Gasteiger partial charge in [-0.2, -0.15) is 0 Å². The molecule has 0 spiro atoms. The highest BCUT2D eigenvalue weighted by Gasteiger charge is 2.38. The van der Waals surface area contributed by atoms with E-state index in [2.05, 4.69) is 11.6 Å². The van der Waals surface area contributed by atoms with Crippen LogP contribution in [0.25, 0.3) is 0 Å². The molecule has 0 bridgehead atoms. The van der Waals surface area contributed by atoms with Gasteiger partial charge in [0.1, 0.15) is 4.21 Å². The van der Waals surface area contributed by atoms with Crippen molar-refractivity contribution >= 4 is 33.0 Å². The molecule has 7 heteroatoms. The minimum absolute atomic E-state index is 0.169. The van der Waals surface area contributed by atoms with E-state index in [9.17, 15) is 13.5 Å². The summed E-state index contributed by atoms with van der Waals surface area (Å²) in [4.78, 5) is 0. The molecular formula is C12H18ClNO3S2. The first-order valence-electron chi connectivity index (χ1n) is 6.27. The minimum atomic E-state index is -3.60. The zero-order valence-electron chi connectivity index (χ0n) is 10.7. The van der Waals surface area contributed by atoms with Gasteiger partial charge in [-0.3, -0.25) is 0 Å². The van der Waals surface area contributed by atoms with Crippen LogP contribution in [0.3, 0.4) is 0 Å². The van der Waals surface area contributed by atoms with E-state index in [1.54, 1.807) is 6.07 Å². The van der Waals surface area contributed by atoms with Crippen molar-refractivity contribution in [2.75, 3.05) is 6.61 Å². The number of aliphatic hydroxyl groups excluding tert-OH is 1. The van der Waals surface area contributed by atoms with Crippen molar-refractivity contribution in [1.29, 1.82) is 0 Å². The number of halogens is 1. The van der Waals surface area contributed by atoms with Gasteiger partial charge in [-0.05, 0) is 43.7 Å². The second-order valence-electron chi connectivity index (χ2n) is 5.29. The summed E-state index contributed by atoms with van der Waals surface area (Å²) in [7, 11) is -3.60. The fourth-order valence-electron chi connectivity index (χ4n) is 2.38. The zero-order chi connectivity index (χ0) is 14.1. The highest BCUT2D eigenvalue weighted by Crippen LogP contribution is 2.34. The van der Waals surface area contributed by atoms with E-state index in [-0.39, 0.29) is 10.8 Å². The van der Waals surface area contributed by atoms with Crippen LogP contribution in [-0.4, -0.2) is 25.7 Å². The third kappa shape index (κ3) is 3.49. The average molecular weight is 324 g/mol. The number of sulfonamides is 1. The van der Waals surface area contributed by atoms with Crippen LogP contribution in [0.5, 0.6) is 0 Å². The first kappa shape index (κ1) is 15.3. The van der Waals surface area contributed by atoms with Crippen molar-refractivity contribution in [2.24, 2.45) is 5.92 Å². The van der Waals surface area contributed by atoms with Crippen LogP contribution in [0.15, 0.2) is 16.3 Å². The molecule has 1 aromatic rings. The summed E-state index contributed by atoms with van der Waals surface area (Å²) in [5, 5.41) is 9.59. The van der Waals surface area contributed by atoms with Gasteiger partial charge in [0.2, 0.25) is 0 Å². The van der Waals surface area contributed by atoms with Crippen LogP contribution in [-0.2, 0) is 10.0 Å². The molecule has 1 aromatic heterocycles. The highest BCUT2D eigenvalue weighted by molar-refractivity contribution is 7.91. The largest absolute Gasteiger partial charge is 0.394 e. The second kappa shape index (κ2) is 5.69. The maximum absolute atomic E-state index is 12.3. The maximum Gasteiger partial charge on any atom is 0.250 e. The molecule has 4 nitrogen and oxygen atoms in total. The monoisotopic (exact) mass is 323 g/mol. The Balaban J connectivity index is 2.18. The number of hydrogen-bond donors (Lipinski definition) is 2. The van der Waals surface area contributed by atoms with Gasteiger partial charge in [-0.25, -0.2) is 13.1 Å². The summed E-state index contributed by atoms with van der Waals surface area (Å²) < 4.78 is 27.9. The molecule has 1 aliphatic rings. The molecule has 0 radical (unpaired) electrons. The number of nitrogens with one attached hydrogen (secondary N) is 1. The topological polar surface area (TPSA) is 66.4 Å². The zero-order valence-corrected chi connectivity index (χ0v) is 13.1. The Kier molecular flexibility index (Phi) is 4.57. The molecule has 1 fully saturated rings. The molecule has 0 aromatic carbocycles. The van der Waals surface area contributed by atoms with Gasteiger partial charge >= 0.3 is 0 Å². The van der Waals surface area contributed by atoms with Gasteiger partial charge in [-0.1, -0.05) is 18.5 Å². The number of hydrogen-bond acceptors (Lipinski definition) is 4. The Bertz CT molecular complexity index is 533.